The Balaban J connectivity index is 2.77. The van der Waals surface area contributed by atoms with E-state index in [1.807, 2.05) is 0 Å². The van der Waals surface area contributed by atoms with Gasteiger partial charge in [0.25, 0.3) is 0 Å². The summed E-state index contributed by atoms with van der Waals surface area (Å²) >= 11 is 1.31. The Kier molecular flexibility index (Phi) is 4.97. The zero-order chi connectivity index (χ0) is 13.1. The molecule has 0 unspecified atom stereocenters. The van der Waals surface area contributed by atoms with Crippen LogP contribution in [0, 0.1) is 5.82 Å². The molecule has 1 atom stereocenters. The first-order valence-electron chi connectivity index (χ1n) is 5.07. The highest BCUT2D eigenvalue weighted by Gasteiger charge is 2.11. The van der Waals surface area contributed by atoms with Gasteiger partial charge < -0.3 is 5.11 Å². The van der Waals surface area contributed by atoms with Crippen LogP contribution in [0.3, 0.4) is 0 Å². The first-order chi connectivity index (χ1) is 7.79. The number of hydrogen-bond acceptors (Lipinski definition) is 4. The van der Waals surface area contributed by atoms with Gasteiger partial charge in [0.05, 0.1) is 11.9 Å². The van der Waals surface area contributed by atoms with Gasteiger partial charge in [-0.05, 0) is 30.7 Å². The molecule has 0 fully saturated rings. The molecule has 1 aromatic rings. The molecule has 0 radical (unpaired) electrons. The van der Waals surface area contributed by atoms with Gasteiger partial charge in [0, 0.05) is 16.9 Å². The summed E-state index contributed by atoms with van der Waals surface area (Å²) in [5, 5.41) is 9.49. The van der Waals surface area contributed by atoms with E-state index in [2.05, 4.69) is 0 Å². The lowest BCUT2D eigenvalue weighted by molar-refractivity contribution is 0.196. The molecule has 0 aliphatic rings. The number of rotatable bonds is 5. The van der Waals surface area contributed by atoms with Crippen LogP contribution in [0.1, 0.15) is 18.6 Å². The maximum atomic E-state index is 13.0. The van der Waals surface area contributed by atoms with E-state index < -0.39 is 21.8 Å². The Hall–Kier alpha value is -0.590. The third-order valence-corrected chi connectivity index (χ3v) is 4.43. The van der Waals surface area contributed by atoms with E-state index in [4.69, 9.17) is 0 Å². The first kappa shape index (κ1) is 14.5. The zero-order valence-electron chi connectivity index (χ0n) is 9.68. The van der Waals surface area contributed by atoms with Gasteiger partial charge in [0.1, 0.15) is 15.7 Å². The monoisotopic (exact) mass is 278 g/mol. The number of sulfone groups is 1. The lowest BCUT2D eigenvalue weighted by Gasteiger charge is -2.11. The van der Waals surface area contributed by atoms with Gasteiger partial charge in [-0.2, -0.15) is 0 Å². The molecule has 0 aromatic heterocycles. The smallest absolute Gasteiger partial charge is 0.148 e. The average Bonchev–Trinajstić information content (AvgIpc) is 2.18. The van der Waals surface area contributed by atoms with E-state index >= 15 is 0 Å². The fraction of sp³-hybridized carbons (Fsp3) is 0.455. The molecule has 0 bridgehead atoms. The fourth-order valence-corrected chi connectivity index (χ4v) is 3.60. The first-order valence-corrected chi connectivity index (χ1v) is 8.12. The maximum absolute atomic E-state index is 13.0. The molecule has 0 saturated carbocycles. The Bertz CT molecular complexity index is 483. The van der Waals surface area contributed by atoms with Crippen molar-refractivity contribution < 1.29 is 17.9 Å². The summed E-state index contributed by atoms with van der Waals surface area (Å²) in [7, 11) is -2.99. The highest BCUT2D eigenvalue weighted by Crippen LogP contribution is 2.28. The summed E-state index contributed by atoms with van der Waals surface area (Å²) < 4.78 is 34.9. The van der Waals surface area contributed by atoms with Gasteiger partial charge in [0.15, 0.2) is 0 Å². The van der Waals surface area contributed by atoms with Gasteiger partial charge in [-0.3, -0.25) is 0 Å². The van der Waals surface area contributed by atoms with Crippen LogP contribution < -0.4 is 0 Å². The van der Waals surface area contributed by atoms with Crippen molar-refractivity contribution >= 4 is 21.6 Å². The Morgan fingerprint density at radius 1 is 1.47 bits per heavy atom. The number of aliphatic hydroxyl groups excluding tert-OH is 1. The summed E-state index contributed by atoms with van der Waals surface area (Å²) in [4.78, 5) is 0.713. The van der Waals surface area contributed by atoms with Crippen molar-refractivity contribution in [3.63, 3.8) is 0 Å². The molecular weight excluding hydrogens is 263 g/mol. The van der Waals surface area contributed by atoms with Crippen molar-refractivity contribution in [3.8, 4) is 0 Å². The number of thioether (sulfide) groups is 1. The van der Waals surface area contributed by atoms with Crippen LogP contribution in [0.5, 0.6) is 0 Å². The van der Waals surface area contributed by atoms with Gasteiger partial charge in [0.2, 0.25) is 0 Å². The standard InChI is InChI=1S/C11H15FO3S2/c1-8(13)10-7-9(12)3-4-11(10)16-5-6-17(2,14)15/h3-4,7-8,13H,5-6H2,1-2H3/t8-/m1/s1. The quantitative estimate of drug-likeness (QED) is 0.837. The number of aliphatic hydroxyl groups is 1. The van der Waals surface area contributed by atoms with Crippen molar-refractivity contribution in [1.82, 2.24) is 0 Å². The lowest BCUT2D eigenvalue weighted by atomic mass is 10.1. The highest BCUT2D eigenvalue weighted by molar-refractivity contribution is 8.00. The third-order valence-electron chi connectivity index (χ3n) is 2.13. The molecule has 0 heterocycles. The maximum Gasteiger partial charge on any atom is 0.148 e. The predicted molar refractivity (Wildman–Crippen MR) is 67.5 cm³/mol. The van der Waals surface area contributed by atoms with Gasteiger partial charge in [-0.1, -0.05) is 0 Å². The summed E-state index contributed by atoms with van der Waals surface area (Å²) in [6.07, 6.45) is 0.403. The van der Waals surface area contributed by atoms with E-state index in [1.54, 1.807) is 13.0 Å². The molecule has 0 aliphatic carbocycles. The number of hydrogen-bond donors (Lipinski definition) is 1. The molecule has 6 heteroatoms. The lowest BCUT2D eigenvalue weighted by Crippen LogP contribution is -2.05. The molecule has 0 saturated heterocycles. The van der Waals surface area contributed by atoms with Crippen molar-refractivity contribution in [2.24, 2.45) is 0 Å². The van der Waals surface area contributed by atoms with Crippen LogP contribution in [0.15, 0.2) is 23.1 Å². The Morgan fingerprint density at radius 3 is 2.65 bits per heavy atom. The molecular formula is C11H15FO3S2. The van der Waals surface area contributed by atoms with Gasteiger partial charge in [-0.15, -0.1) is 11.8 Å². The van der Waals surface area contributed by atoms with Crippen molar-refractivity contribution in [3.05, 3.63) is 29.6 Å². The minimum absolute atomic E-state index is 0.0638. The highest BCUT2D eigenvalue weighted by atomic mass is 32.2. The minimum Gasteiger partial charge on any atom is -0.389 e. The van der Waals surface area contributed by atoms with E-state index in [9.17, 15) is 17.9 Å². The SMILES string of the molecule is C[C@@H](O)c1cc(F)ccc1SCCS(C)(=O)=O. The van der Waals surface area contributed by atoms with E-state index in [1.165, 1.54) is 30.2 Å². The molecule has 1 N–H and O–H groups in total. The van der Waals surface area contributed by atoms with Crippen molar-refractivity contribution in [1.29, 1.82) is 0 Å². The molecule has 0 spiro atoms. The molecule has 3 nitrogen and oxygen atoms in total. The fourth-order valence-electron chi connectivity index (χ4n) is 1.28. The third kappa shape index (κ3) is 5.06. The Morgan fingerprint density at radius 2 is 2.12 bits per heavy atom. The van der Waals surface area contributed by atoms with E-state index in [0.717, 1.165) is 0 Å². The molecule has 0 amide bonds. The van der Waals surface area contributed by atoms with Crippen molar-refractivity contribution in [2.45, 2.75) is 17.9 Å². The number of halogens is 1. The predicted octanol–water partition coefficient (Wildman–Crippen LogP) is 2.02. The summed E-state index contributed by atoms with van der Waals surface area (Å²) in [5.41, 5.74) is 0.489. The van der Waals surface area contributed by atoms with Gasteiger partial charge >= 0.3 is 0 Å². The van der Waals surface area contributed by atoms with Crippen LogP contribution >= 0.6 is 11.8 Å². The minimum atomic E-state index is -2.99. The van der Waals surface area contributed by atoms with Crippen LogP contribution in [-0.2, 0) is 9.84 Å². The molecule has 0 aliphatic heterocycles. The van der Waals surface area contributed by atoms with Gasteiger partial charge in [-0.25, -0.2) is 12.8 Å². The van der Waals surface area contributed by atoms with Crippen LogP contribution in [0.25, 0.3) is 0 Å². The molecule has 96 valence electrons. The second kappa shape index (κ2) is 5.84. The molecule has 17 heavy (non-hydrogen) atoms. The van der Waals surface area contributed by atoms with E-state index in [0.29, 0.717) is 16.2 Å². The largest absolute Gasteiger partial charge is 0.389 e. The molecule has 1 aromatic carbocycles. The Labute approximate surface area is 105 Å². The second-order valence-corrected chi connectivity index (χ2v) is 7.23. The van der Waals surface area contributed by atoms with Crippen LogP contribution in [-0.4, -0.2) is 31.3 Å². The topological polar surface area (TPSA) is 54.4 Å². The van der Waals surface area contributed by atoms with E-state index in [-0.39, 0.29) is 5.75 Å². The normalized spacial score (nSPS) is 13.6. The summed E-state index contributed by atoms with van der Waals surface area (Å²) in [6.45, 7) is 1.55. The average molecular weight is 278 g/mol. The molecule has 1 rings (SSSR count). The van der Waals surface area contributed by atoms with Crippen LogP contribution in [0.4, 0.5) is 4.39 Å². The second-order valence-electron chi connectivity index (χ2n) is 3.84. The van der Waals surface area contributed by atoms with Crippen LogP contribution in [0.2, 0.25) is 0 Å². The zero-order valence-corrected chi connectivity index (χ0v) is 11.3. The van der Waals surface area contributed by atoms with Crippen molar-refractivity contribution in [2.75, 3.05) is 17.8 Å². The number of benzene rings is 1. The summed E-state index contributed by atoms with van der Waals surface area (Å²) in [6, 6.07) is 4.13. The summed E-state index contributed by atoms with van der Waals surface area (Å²) in [5.74, 6) is 0.0479.